The van der Waals surface area contributed by atoms with Gasteiger partial charge in [-0.3, -0.25) is 0 Å². The van der Waals surface area contributed by atoms with E-state index >= 15 is 0 Å². The first-order valence-electron chi connectivity index (χ1n) is 6.97. The molecule has 1 unspecified atom stereocenters. The lowest BCUT2D eigenvalue weighted by Gasteiger charge is -2.31. The fraction of sp³-hybridized carbons (Fsp3) is 0.600. The molecule has 5 heteroatoms. The van der Waals surface area contributed by atoms with E-state index in [9.17, 15) is 13.5 Å². The molecule has 0 spiro atoms. The highest BCUT2D eigenvalue weighted by Crippen LogP contribution is 2.28. The van der Waals surface area contributed by atoms with Crippen LogP contribution in [0, 0.1) is 6.92 Å². The molecule has 4 nitrogen and oxygen atoms in total. The number of aliphatic hydroxyl groups is 1. The van der Waals surface area contributed by atoms with Gasteiger partial charge in [0.1, 0.15) is 9.84 Å². The normalized spacial score (nSPS) is 15.0. The summed E-state index contributed by atoms with van der Waals surface area (Å²) in [7, 11) is -2.97. The van der Waals surface area contributed by atoms with E-state index < -0.39 is 15.3 Å². The van der Waals surface area contributed by atoms with Crippen molar-refractivity contribution < 1.29 is 13.5 Å². The summed E-state index contributed by atoms with van der Waals surface area (Å²) in [4.78, 5) is 0. The molecule has 1 rings (SSSR count). The fourth-order valence-corrected chi connectivity index (χ4v) is 3.15. The molecule has 0 aliphatic carbocycles. The lowest BCUT2D eigenvalue weighted by molar-refractivity contribution is 0.187. The largest absolute Gasteiger partial charge is 0.395 e. The van der Waals surface area contributed by atoms with Crippen molar-refractivity contribution in [2.24, 2.45) is 5.73 Å². The van der Waals surface area contributed by atoms with Crippen LogP contribution in [0.3, 0.4) is 0 Å². The zero-order chi connectivity index (χ0) is 15.2. The third-order valence-corrected chi connectivity index (χ3v) is 5.70. The number of hydrogen-bond acceptors (Lipinski definition) is 4. The molecule has 114 valence electrons. The topological polar surface area (TPSA) is 80.4 Å². The van der Waals surface area contributed by atoms with Crippen molar-refractivity contribution >= 4 is 9.84 Å². The SMILES string of the molecule is CCS(=O)(=O)CCCC(CN)(CO)c1ccc(C)cc1. The second-order valence-electron chi connectivity index (χ2n) is 5.35. The third-order valence-electron chi connectivity index (χ3n) is 3.91. The first kappa shape index (κ1) is 17.1. The Kier molecular flexibility index (Phi) is 6.17. The second kappa shape index (κ2) is 7.20. The van der Waals surface area contributed by atoms with Crippen LogP contribution in [0.2, 0.25) is 0 Å². The van der Waals surface area contributed by atoms with Gasteiger partial charge in [-0.2, -0.15) is 0 Å². The van der Waals surface area contributed by atoms with Crippen LogP contribution < -0.4 is 5.73 Å². The summed E-state index contributed by atoms with van der Waals surface area (Å²) in [5, 5.41) is 9.76. The molecule has 1 aromatic rings. The number of aliphatic hydroxyl groups excluding tert-OH is 1. The maximum Gasteiger partial charge on any atom is 0.150 e. The van der Waals surface area contributed by atoms with Crippen molar-refractivity contribution in [2.45, 2.75) is 32.1 Å². The molecule has 0 saturated carbocycles. The van der Waals surface area contributed by atoms with Gasteiger partial charge in [-0.05, 0) is 25.3 Å². The third kappa shape index (κ3) is 4.30. The summed E-state index contributed by atoms with van der Waals surface area (Å²) in [6, 6.07) is 7.90. The average Bonchev–Trinajstić information content (AvgIpc) is 2.45. The van der Waals surface area contributed by atoms with E-state index in [0.29, 0.717) is 19.4 Å². The Morgan fingerprint density at radius 2 is 1.85 bits per heavy atom. The van der Waals surface area contributed by atoms with Gasteiger partial charge in [0.25, 0.3) is 0 Å². The molecule has 1 atom stereocenters. The molecule has 0 bridgehead atoms. The zero-order valence-corrected chi connectivity index (χ0v) is 13.1. The quantitative estimate of drug-likeness (QED) is 0.760. The Balaban J connectivity index is 2.84. The van der Waals surface area contributed by atoms with Gasteiger partial charge in [0, 0.05) is 17.7 Å². The predicted octanol–water partition coefficient (Wildman–Crippen LogP) is 1.40. The molecule has 0 heterocycles. The van der Waals surface area contributed by atoms with Gasteiger partial charge < -0.3 is 10.8 Å². The number of rotatable bonds is 8. The van der Waals surface area contributed by atoms with Crippen LogP contribution >= 0.6 is 0 Å². The van der Waals surface area contributed by atoms with Gasteiger partial charge in [0.2, 0.25) is 0 Å². The average molecular weight is 299 g/mol. The second-order valence-corrected chi connectivity index (χ2v) is 7.82. The lowest BCUT2D eigenvalue weighted by Crippen LogP contribution is -2.39. The van der Waals surface area contributed by atoms with Gasteiger partial charge in [-0.1, -0.05) is 36.8 Å². The van der Waals surface area contributed by atoms with Crippen LogP contribution in [0.25, 0.3) is 0 Å². The highest BCUT2D eigenvalue weighted by Gasteiger charge is 2.30. The summed E-state index contributed by atoms with van der Waals surface area (Å²) >= 11 is 0. The van der Waals surface area contributed by atoms with E-state index in [4.69, 9.17) is 5.73 Å². The smallest absolute Gasteiger partial charge is 0.150 e. The number of hydrogen-bond donors (Lipinski definition) is 2. The van der Waals surface area contributed by atoms with Crippen LogP contribution in [0.1, 0.15) is 30.9 Å². The Morgan fingerprint density at radius 3 is 2.30 bits per heavy atom. The molecule has 0 aliphatic rings. The van der Waals surface area contributed by atoms with Crippen LogP contribution in [-0.4, -0.2) is 38.2 Å². The van der Waals surface area contributed by atoms with Crippen molar-refractivity contribution in [1.29, 1.82) is 0 Å². The molecular weight excluding hydrogens is 274 g/mol. The summed E-state index contributed by atoms with van der Waals surface area (Å²) in [5.41, 5.74) is 7.44. The molecule has 3 N–H and O–H groups in total. The predicted molar refractivity (Wildman–Crippen MR) is 82.6 cm³/mol. The van der Waals surface area contributed by atoms with Crippen LogP contribution in [0.15, 0.2) is 24.3 Å². The first-order chi connectivity index (χ1) is 9.39. The van der Waals surface area contributed by atoms with Crippen molar-refractivity contribution in [1.82, 2.24) is 0 Å². The highest BCUT2D eigenvalue weighted by atomic mass is 32.2. The maximum absolute atomic E-state index is 11.5. The number of sulfone groups is 1. The number of aryl methyl sites for hydroxylation is 1. The molecule has 0 saturated heterocycles. The Labute approximate surface area is 121 Å². The minimum atomic E-state index is -2.97. The van der Waals surface area contributed by atoms with E-state index in [1.54, 1.807) is 6.92 Å². The van der Waals surface area contributed by atoms with Crippen LogP contribution in [-0.2, 0) is 15.3 Å². The zero-order valence-electron chi connectivity index (χ0n) is 12.3. The molecule has 0 aliphatic heterocycles. The molecule has 0 fully saturated rings. The van der Waals surface area contributed by atoms with Gasteiger partial charge in [0.05, 0.1) is 12.4 Å². The summed E-state index contributed by atoms with van der Waals surface area (Å²) < 4.78 is 23.1. The van der Waals surface area contributed by atoms with E-state index in [1.165, 1.54) is 0 Å². The van der Waals surface area contributed by atoms with Gasteiger partial charge in [-0.25, -0.2) is 8.42 Å². The minimum absolute atomic E-state index is 0.0707. The Hall–Kier alpha value is -0.910. The monoisotopic (exact) mass is 299 g/mol. The van der Waals surface area contributed by atoms with Crippen molar-refractivity contribution in [2.75, 3.05) is 24.7 Å². The summed E-state index contributed by atoms with van der Waals surface area (Å²) in [5.74, 6) is 0.309. The molecule has 1 aromatic carbocycles. The lowest BCUT2D eigenvalue weighted by atomic mass is 9.77. The highest BCUT2D eigenvalue weighted by molar-refractivity contribution is 7.91. The van der Waals surface area contributed by atoms with Gasteiger partial charge in [-0.15, -0.1) is 0 Å². The Bertz CT molecular complexity index is 504. The minimum Gasteiger partial charge on any atom is -0.395 e. The van der Waals surface area contributed by atoms with E-state index in [-0.39, 0.29) is 18.1 Å². The first-order valence-corrected chi connectivity index (χ1v) is 8.80. The van der Waals surface area contributed by atoms with E-state index in [0.717, 1.165) is 11.1 Å². The molecule has 20 heavy (non-hydrogen) atoms. The fourth-order valence-electron chi connectivity index (χ4n) is 2.28. The van der Waals surface area contributed by atoms with Crippen molar-refractivity contribution in [3.63, 3.8) is 0 Å². The number of benzene rings is 1. The van der Waals surface area contributed by atoms with Gasteiger partial charge in [0.15, 0.2) is 0 Å². The molecule has 0 amide bonds. The van der Waals surface area contributed by atoms with Crippen LogP contribution in [0.5, 0.6) is 0 Å². The molecule has 0 aromatic heterocycles. The maximum atomic E-state index is 11.5. The Morgan fingerprint density at radius 1 is 1.25 bits per heavy atom. The standard InChI is InChI=1S/C15H25NO3S/c1-3-20(18,19)10-4-9-15(11-16,12-17)14-7-5-13(2)6-8-14/h5-8,17H,3-4,9-12,16H2,1-2H3. The summed E-state index contributed by atoms with van der Waals surface area (Å²) in [6.07, 6.45) is 1.09. The van der Waals surface area contributed by atoms with E-state index in [2.05, 4.69) is 0 Å². The van der Waals surface area contributed by atoms with E-state index in [1.807, 2.05) is 31.2 Å². The van der Waals surface area contributed by atoms with Gasteiger partial charge >= 0.3 is 0 Å². The van der Waals surface area contributed by atoms with Crippen LogP contribution in [0.4, 0.5) is 0 Å². The van der Waals surface area contributed by atoms with Crippen molar-refractivity contribution in [3.05, 3.63) is 35.4 Å². The van der Waals surface area contributed by atoms with Crippen molar-refractivity contribution in [3.8, 4) is 0 Å². The molecule has 0 radical (unpaired) electrons. The number of nitrogens with two attached hydrogens (primary N) is 1. The summed E-state index contributed by atoms with van der Waals surface area (Å²) in [6.45, 7) is 3.88. The molecular formula is C15H25NO3S.